The first-order chi connectivity index (χ1) is 18.6. The lowest BCUT2D eigenvalue weighted by atomic mass is 9.91. The normalized spacial score (nSPS) is 15.1. The molecule has 0 spiro atoms. The third-order valence-electron chi connectivity index (χ3n) is 5.22. The Kier molecular flexibility index (Phi) is 16.8. The standard InChI is InChI=1S/C26H40O14/c1-9-11-20(35-14(2)27)23(37-16(4)29)25(39-18(6)31)26(40-19(7)32)24(38-17(5)30)21(36-15(3)28)12-10-13-22(33)34-8/h20-21,23-26H,9-13H2,1-8H3/t20-,21-,23-,24+,25-,26+/m0/s1. The van der Waals surface area contributed by atoms with Crippen LogP contribution < -0.4 is 0 Å². The lowest BCUT2D eigenvalue weighted by Gasteiger charge is -2.39. The van der Waals surface area contributed by atoms with Gasteiger partial charge in [-0.2, -0.15) is 0 Å². The second-order valence-electron chi connectivity index (χ2n) is 8.85. The van der Waals surface area contributed by atoms with Gasteiger partial charge in [0.25, 0.3) is 0 Å². The zero-order valence-corrected chi connectivity index (χ0v) is 24.2. The van der Waals surface area contributed by atoms with Gasteiger partial charge in [-0.1, -0.05) is 13.3 Å². The molecule has 0 aliphatic rings. The molecule has 0 rings (SSSR count). The summed E-state index contributed by atoms with van der Waals surface area (Å²) in [7, 11) is 1.19. The van der Waals surface area contributed by atoms with E-state index in [0.29, 0.717) is 6.42 Å². The van der Waals surface area contributed by atoms with E-state index in [-0.39, 0.29) is 25.7 Å². The highest BCUT2D eigenvalue weighted by atomic mass is 16.6. The van der Waals surface area contributed by atoms with Crippen molar-refractivity contribution < 1.29 is 66.7 Å². The van der Waals surface area contributed by atoms with Gasteiger partial charge in [0.05, 0.1) is 7.11 Å². The summed E-state index contributed by atoms with van der Waals surface area (Å²) in [6.45, 7) is 8.13. The summed E-state index contributed by atoms with van der Waals surface area (Å²) in [6, 6.07) is 0. The summed E-state index contributed by atoms with van der Waals surface area (Å²) in [5.41, 5.74) is 0. The van der Waals surface area contributed by atoms with Gasteiger partial charge in [0, 0.05) is 48.0 Å². The van der Waals surface area contributed by atoms with Crippen molar-refractivity contribution in [2.24, 2.45) is 0 Å². The molecule has 0 aliphatic heterocycles. The first kappa shape index (κ1) is 36.3. The van der Waals surface area contributed by atoms with E-state index >= 15 is 0 Å². The molecule has 0 amide bonds. The fourth-order valence-corrected chi connectivity index (χ4v) is 3.96. The zero-order chi connectivity index (χ0) is 31.0. The van der Waals surface area contributed by atoms with E-state index in [9.17, 15) is 33.6 Å². The molecule has 0 aliphatic carbocycles. The minimum atomic E-state index is -1.73. The van der Waals surface area contributed by atoms with E-state index in [4.69, 9.17) is 28.4 Å². The Balaban J connectivity index is 7.07. The first-order valence-corrected chi connectivity index (χ1v) is 12.7. The Morgan fingerprint density at radius 2 is 0.825 bits per heavy atom. The molecule has 0 saturated carbocycles. The first-order valence-electron chi connectivity index (χ1n) is 12.7. The quantitative estimate of drug-likeness (QED) is 0.180. The fraction of sp³-hybridized carbons (Fsp3) is 0.731. The van der Waals surface area contributed by atoms with Gasteiger partial charge in [-0.25, -0.2) is 0 Å². The van der Waals surface area contributed by atoms with Crippen LogP contribution in [-0.2, 0) is 66.7 Å². The van der Waals surface area contributed by atoms with Gasteiger partial charge in [0.1, 0.15) is 12.2 Å². The van der Waals surface area contributed by atoms with Gasteiger partial charge in [-0.15, -0.1) is 0 Å². The third-order valence-corrected chi connectivity index (χ3v) is 5.22. The fourth-order valence-electron chi connectivity index (χ4n) is 3.96. The molecule has 0 heterocycles. The molecule has 0 aromatic heterocycles. The average molecular weight is 577 g/mol. The number of hydrogen-bond acceptors (Lipinski definition) is 14. The van der Waals surface area contributed by atoms with Gasteiger partial charge in [-0.3, -0.25) is 33.6 Å². The second kappa shape index (κ2) is 18.6. The average Bonchev–Trinajstić information content (AvgIpc) is 2.81. The molecule has 0 saturated heterocycles. The molecule has 14 nitrogen and oxygen atoms in total. The number of methoxy groups -OCH3 is 1. The van der Waals surface area contributed by atoms with E-state index in [2.05, 4.69) is 4.74 Å². The van der Waals surface area contributed by atoms with Crippen LogP contribution in [0, 0.1) is 0 Å². The van der Waals surface area contributed by atoms with Crippen molar-refractivity contribution in [1.29, 1.82) is 0 Å². The molecule has 0 radical (unpaired) electrons. The third kappa shape index (κ3) is 14.4. The molecule has 0 bridgehead atoms. The smallest absolute Gasteiger partial charge is 0.305 e. The summed E-state index contributed by atoms with van der Waals surface area (Å²) >= 11 is 0. The Labute approximate surface area is 233 Å². The van der Waals surface area contributed by atoms with Crippen molar-refractivity contribution in [3.05, 3.63) is 0 Å². The van der Waals surface area contributed by atoms with Crippen LogP contribution in [0.1, 0.15) is 80.6 Å². The number of esters is 7. The van der Waals surface area contributed by atoms with Crippen molar-refractivity contribution >= 4 is 41.8 Å². The highest BCUT2D eigenvalue weighted by molar-refractivity contribution is 5.70. The van der Waals surface area contributed by atoms with Gasteiger partial charge < -0.3 is 33.2 Å². The van der Waals surface area contributed by atoms with Crippen LogP contribution in [0.2, 0.25) is 0 Å². The van der Waals surface area contributed by atoms with Crippen LogP contribution in [0.25, 0.3) is 0 Å². The molecule has 14 heteroatoms. The molecule has 0 aromatic carbocycles. The van der Waals surface area contributed by atoms with Crippen LogP contribution >= 0.6 is 0 Å². The SMILES string of the molecule is CCC[C@H](OC(C)=O)[C@H](OC(C)=O)[C@H](OC(C)=O)[C@H](OC(C)=O)[C@H](OC(C)=O)[C@H](CCCC(=O)OC)OC(C)=O. The van der Waals surface area contributed by atoms with E-state index in [1.807, 2.05) is 0 Å². The largest absolute Gasteiger partial charge is 0.469 e. The number of carbonyl (C=O) groups is 7. The maximum Gasteiger partial charge on any atom is 0.305 e. The number of rotatable bonds is 17. The van der Waals surface area contributed by atoms with Crippen molar-refractivity contribution in [2.75, 3.05) is 7.11 Å². The maximum absolute atomic E-state index is 12.3. The molecular formula is C26H40O14. The molecule has 0 aromatic rings. The molecule has 40 heavy (non-hydrogen) atoms. The monoisotopic (exact) mass is 576 g/mol. The van der Waals surface area contributed by atoms with E-state index in [1.54, 1.807) is 6.92 Å². The predicted molar refractivity (Wildman–Crippen MR) is 134 cm³/mol. The van der Waals surface area contributed by atoms with Crippen LogP contribution in [0.3, 0.4) is 0 Å². The maximum atomic E-state index is 12.3. The molecule has 0 N–H and O–H groups in total. The summed E-state index contributed by atoms with van der Waals surface area (Å²) < 4.78 is 37.2. The lowest BCUT2D eigenvalue weighted by molar-refractivity contribution is -0.219. The predicted octanol–water partition coefficient (Wildman–Crippen LogP) is 1.72. The van der Waals surface area contributed by atoms with Crippen molar-refractivity contribution in [3.8, 4) is 0 Å². The topological polar surface area (TPSA) is 184 Å². The van der Waals surface area contributed by atoms with Gasteiger partial charge >= 0.3 is 41.8 Å². The minimum Gasteiger partial charge on any atom is -0.469 e. The van der Waals surface area contributed by atoms with E-state index < -0.39 is 78.4 Å². The summed E-state index contributed by atoms with van der Waals surface area (Å²) in [5, 5.41) is 0. The van der Waals surface area contributed by atoms with Gasteiger partial charge in [0.2, 0.25) is 0 Å². The molecular weight excluding hydrogens is 536 g/mol. The number of carbonyl (C=O) groups excluding carboxylic acids is 7. The summed E-state index contributed by atoms with van der Waals surface area (Å²) in [6.07, 6.45) is -8.63. The molecule has 0 unspecified atom stereocenters. The lowest BCUT2D eigenvalue weighted by Crippen LogP contribution is -2.58. The van der Waals surface area contributed by atoms with Crippen molar-refractivity contribution in [2.45, 2.75) is 117 Å². The molecule has 228 valence electrons. The molecule has 0 fully saturated rings. The van der Waals surface area contributed by atoms with Crippen LogP contribution in [-0.4, -0.2) is 85.5 Å². The zero-order valence-electron chi connectivity index (χ0n) is 24.2. The Morgan fingerprint density at radius 1 is 0.500 bits per heavy atom. The van der Waals surface area contributed by atoms with Crippen molar-refractivity contribution in [1.82, 2.24) is 0 Å². The highest BCUT2D eigenvalue weighted by Gasteiger charge is 2.50. The Bertz CT molecular complexity index is 898. The Morgan fingerprint density at radius 3 is 1.12 bits per heavy atom. The van der Waals surface area contributed by atoms with E-state index in [1.165, 1.54) is 7.11 Å². The van der Waals surface area contributed by atoms with Crippen LogP contribution in [0.4, 0.5) is 0 Å². The van der Waals surface area contributed by atoms with Crippen LogP contribution in [0.5, 0.6) is 0 Å². The minimum absolute atomic E-state index is 0.0856. The molecule has 6 atom stereocenters. The van der Waals surface area contributed by atoms with Crippen molar-refractivity contribution in [3.63, 3.8) is 0 Å². The Hall–Kier alpha value is -3.71. The number of hydrogen-bond donors (Lipinski definition) is 0. The van der Waals surface area contributed by atoms with Gasteiger partial charge in [0.15, 0.2) is 24.4 Å². The number of ether oxygens (including phenoxy) is 7. The van der Waals surface area contributed by atoms with Gasteiger partial charge in [-0.05, 0) is 19.3 Å². The highest BCUT2D eigenvalue weighted by Crippen LogP contribution is 2.28. The summed E-state index contributed by atoms with van der Waals surface area (Å²) in [4.78, 5) is 84.4. The summed E-state index contributed by atoms with van der Waals surface area (Å²) in [5.74, 6) is -5.66. The second-order valence-corrected chi connectivity index (χ2v) is 8.85. The van der Waals surface area contributed by atoms with Crippen LogP contribution in [0.15, 0.2) is 0 Å². The van der Waals surface area contributed by atoms with E-state index in [0.717, 1.165) is 41.5 Å².